The fraction of sp³-hybridized carbons (Fsp3) is 0.455. The van der Waals surface area contributed by atoms with Crippen molar-refractivity contribution in [1.82, 2.24) is 5.32 Å². The van der Waals surface area contributed by atoms with Crippen LogP contribution < -0.4 is 19.7 Å². The molecule has 2 aromatic carbocycles. The van der Waals surface area contributed by atoms with Gasteiger partial charge in [0.2, 0.25) is 0 Å². The second kappa shape index (κ2) is 6.84. The van der Waals surface area contributed by atoms with E-state index in [0.717, 1.165) is 37.1 Å². The lowest BCUT2D eigenvalue weighted by Crippen LogP contribution is -2.51. The summed E-state index contributed by atoms with van der Waals surface area (Å²) in [6, 6.07) is 15.8. The van der Waals surface area contributed by atoms with Gasteiger partial charge in [0.15, 0.2) is 11.5 Å². The molecule has 0 spiro atoms. The summed E-state index contributed by atoms with van der Waals surface area (Å²) >= 11 is 0. The molecular formula is C22H26N2O2. The molecule has 3 aliphatic rings. The Morgan fingerprint density at radius 3 is 2.81 bits per heavy atom. The highest BCUT2D eigenvalue weighted by Gasteiger charge is 2.27. The van der Waals surface area contributed by atoms with Gasteiger partial charge in [-0.25, -0.2) is 0 Å². The highest BCUT2D eigenvalue weighted by atomic mass is 16.6. The molecule has 0 bridgehead atoms. The average Bonchev–Trinajstić information content (AvgIpc) is 2.68. The lowest BCUT2D eigenvalue weighted by molar-refractivity contribution is 0.171. The maximum Gasteiger partial charge on any atom is 0.163 e. The van der Waals surface area contributed by atoms with E-state index in [2.05, 4.69) is 46.6 Å². The van der Waals surface area contributed by atoms with Gasteiger partial charge < -0.3 is 19.7 Å². The number of rotatable bonds is 4. The Morgan fingerprint density at radius 2 is 1.88 bits per heavy atom. The third-order valence-corrected chi connectivity index (χ3v) is 5.97. The molecule has 26 heavy (non-hydrogen) atoms. The van der Waals surface area contributed by atoms with Crippen LogP contribution in [0.2, 0.25) is 0 Å². The van der Waals surface area contributed by atoms with E-state index in [0.29, 0.717) is 19.3 Å². The number of piperazine rings is 1. The number of benzene rings is 2. The largest absolute Gasteiger partial charge is 0.486 e. The van der Waals surface area contributed by atoms with Crippen molar-refractivity contribution in [1.29, 1.82) is 0 Å². The van der Waals surface area contributed by atoms with Gasteiger partial charge >= 0.3 is 0 Å². The van der Waals surface area contributed by atoms with E-state index in [1.807, 2.05) is 6.07 Å². The molecule has 1 aliphatic carbocycles. The fourth-order valence-corrected chi connectivity index (χ4v) is 4.50. The van der Waals surface area contributed by atoms with E-state index >= 15 is 0 Å². The van der Waals surface area contributed by atoms with Crippen LogP contribution in [0.25, 0.3) is 0 Å². The van der Waals surface area contributed by atoms with Crippen molar-refractivity contribution in [2.45, 2.75) is 31.2 Å². The first-order chi connectivity index (χ1) is 12.9. The molecule has 0 saturated carbocycles. The molecule has 5 rings (SSSR count). The quantitative estimate of drug-likeness (QED) is 0.917. The van der Waals surface area contributed by atoms with Gasteiger partial charge in [0.1, 0.15) is 13.2 Å². The highest BCUT2D eigenvalue weighted by Crippen LogP contribution is 2.38. The molecular weight excluding hydrogens is 324 g/mol. The van der Waals surface area contributed by atoms with Crippen molar-refractivity contribution in [3.8, 4) is 11.5 Å². The van der Waals surface area contributed by atoms with Gasteiger partial charge in [0, 0.05) is 37.4 Å². The molecule has 1 saturated heterocycles. The van der Waals surface area contributed by atoms with Crippen molar-refractivity contribution in [2.75, 3.05) is 37.7 Å². The Bertz CT molecular complexity index is 791. The minimum Gasteiger partial charge on any atom is -0.486 e. The van der Waals surface area contributed by atoms with E-state index in [9.17, 15) is 0 Å². The lowest BCUT2D eigenvalue weighted by Gasteiger charge is -2.37. The van der Waals surface area contributed by atoms with Crippen LogP contribution in [0.3, 0.4) is 0 Å². The molecule has 2 unspecified atom stereocenters. The molecule has 0 amide bonds. The standard InChI is InChI=1S/C22H26N2O2/c1-2-4-20-16(3-1)13-17(20)5-6-18-15-24(10-9-23-18)19-7-8-21-22(14-19)26-12-11-25-21/h1-4,7-8,14,17-18,23H,5-6,9-13,15H2. The number of nitrogens with one attached hydrogen (secondary N) is 1. The summed E-state index contributed by atoms with van der Waals surface area (Å²) < 4.78 is 11.4. The van der Waals surface area contributed by atoms with Crippen LogP contribution in [0.5, 0.6) is 11.5 Å². The minimum atomic E-state index is 0.560. The zero-order chi connectivity index (χ0) is 17.3. The van der Waals surface area contributed by atoms with Crippen LogP contribution in [-0.4, -0.2) is 38.9 Å². The number of nitrogens with zero attached hydrogens (tertiary/aromatic N) is 1. The second-order valence-electron chi connectivity index (χ2n) is 7.60. The first kappa shape index (κ1) is 16.0. The molecule has 4 heteroatoms. The first-order valence-corrected chi connectivity index (χ1v) is 9.82. The predicted octanol–water partition coefficient (Wildman–Crippen LogP) is 3.36. The van der Waals surface area contributed by atoms with E-state index in [-0.39, 0.29) is 0 Å². The van der Waals surface area contributed by atoms with E-state index < -0.39 is 0 Å². The van der Waals surface area contributed by atoms with Gasteiger partial charge in [0.05, 0.1) is 0 Å². The summed E-state index contributed by atoms with van der Waals surface area (Å²) in [5, 5.41) is 3.71. The summed E-state index contributed by atoms with van der Waals surface area (Å²) in [7, 11) is 0. The minimum absolute atomic E-state index is 0.560. The zero-order valence-corrected chi connectivity index (χ0v) is 15.1. The molecule has 2 atom stereocenters. The molecule has 0 aromatic heterocycles. The van der Waals surface area contributed by atoms with Crippen molar-refractivity contribution >= 4 is 5.69 Å². The van der Waals surface area contributed by atoms with Crippen LogP contribution in [0.15, 0.2) is 42.5 Å². The molecule has 2 aliphatic heterocycles. The SMILES string of the molecule is c1ccc2c(c1)CC2CCC1CN(c2ccc3c(c2)OCCO3)CCN1. The summed E-state index contributed by atoms with van der Waals surface area (Å²) in [5.41, 5.74) is 4.37. The molecule has 1 fully saturated rings. The third-order valence-electron chi connectivity index (χ3n) is 5.97. The van der Waals surface area contributed by atoms with Crippen LogP contribution in [-0.2, 0) is 6.42 Å². The molecule has 1 N–H and O–H groups in total. The Hall–Kier alpha value is -2.20. The molecule has 4 nitrogen and oxygen atoms in total. The highest BCUT2D eigenvalue weighted by molar-refractivity contribution is 5.57. The van der Waals surface area contributed by atoms with Gasteiger partial charge in [-0.2, -0.15) is 0 Å². The number of hydrogen-bond donors (Lipinski definition) is 1. The number of ether oxygens (including phenoxy) is 2. The van der Waals surface area contributed by atoms with Crippen molar-refractivity contribution in [3.05, 3.63) is 53.6 Å². The summed E-state index contributed by atoms with van der Waals surface area (Å²) in [5.74, 6) is 2.52. The van der Waals surface area contributed by atoms with Crippen LogP contribution in [0.4, 0.5) is 5.69 Å². The number of hydrogen-bond acceptors (Lipinski definition) is 4. The molecule has 136 valence electrons. The van der Waals surface area contributed by atoms with Gasteiger partial charge in [-0.1, -0.05) is 24.3 Å². The number of fused-ring (bicyclic) bond motifs is 2. The average molecular weight is 350 g/mol. The topological polar surface area (TPSA) is 33.7 Å². The fourth-order valence-electron chi connectivity index (χ4n) is 4.50. The third kappa shape index (κ3) is 3.03. The Labute approximate surface area is 155 Å². The normalized spacial score (nSPS) is 23.9. The maximum absolute atomic E-state index is 5.75. The van der Waals surface area contributed by atoms with Gasteiger partial charge in [-0.15, -0.1) is 0 Å². The van der Waals surface area contributed by atoms with E-state index in [1.165, 1.54) is 24.9 Å². The van der Waals surface area contributed by atoms with E-state index in [4.69, 9.17) is 9.47 Å². The van der Waals surface area contributed by atoms with Crippen molar-refractivity contribution < 1.29 is 9.47 Å². The Kier molecular flexibility index (Phi) is 4.21. The zero-order valence-electron chi connectivity index (χ0n) is 15.1. The molecule has 2 aromatic rings. The second-order valence-corrected chi connectivity index (χ2v) is 7.60. The van der Waals surface area contributed by atoms with E-state index in [1.54, 1.807) is 11.1 Å². The first-order valence-electron chi connectivity index (χ1n) is 9.82. The maximum atomic E-state index is 5.75. The van der Waals surface area contributed by atoms with Crippen LogP contribution in [0.1, 0.15) is 29.9 Å². The van der Waals surface area contributed by atoms with Crippen LogP contribution >= 0.6 is 0 Å². The summed E-state index contributed by atoms with van der Waals surface area (Å²) in [6.45, 7) is 4.44. The van der Waals surface area contributed by atoms with Gasteiger partial charge in [-0.3, -0.25) is 0 Å². The van der Waals surface area contributed by atoms with Crippen LogP contribution in [0, 0.1) is 0 Å². The summed E-state index contributed by atoms with van der Waals surface area (Å²) in [6.07, 6.45) is 3.78. The van der Waals surface area contributed by atoms with Gasteiger partial charge in [0.25, 0.3) is 0 Å². The van der Waals surface area contributed by atoms with Gasteiger partial charge in [-0.05, 0) is 48.4 Å². The Balaban J connectivity index is 1.20. The molecule has 2 heterocycles. The number of anilines is 1. The monoisotopic (exact) mass is 350 g/mol. The summed E-state index contributed by atoms with van der Waals surface area (Å²) in [4.78, 5) is 2.48. The Morgan fingerprint density at radius 1 is 1.00 bits per heavy atom. The predicted molar refractivity (Wildman–Crippen MR) is 104 cm³/mol. The molecule has 0 radical (unpaired) electrons. The smallest absolute Gasteiger partial charge is 0.163 e. The van der Waals surface area contributed by atoms with Crippen molar-refractivity contribution in [3.63, 3.8) is 0 Å². The lowest BCUT2D eigenvalue weighted by atomic mass is 9.75. The van der Waals surface area contributed by atoms with Crippen molar-refractivity contribution in [2.24, 2.45) is 0 Å².